The first kappa shape index (κ1) is 15.2. The normalized spacial score (nSPS) is 10.9. The Balaban J connectivity index is 1.95. The van der Waals surface area contributed by atoms with Crippen LogP contribution in [0, 0.1) is 11.3 Å². The van der Waals surface area contributed by atoms with Crippen molar-refractivity contribution in [3.8, 4) is 17.2 Å². The third-order valence-electron chi connectivity index (χ3n) is 4.77. The average molecular weight is 322 g/mol. The van der Waals surface area contributed by atoms with Crippen LogP contribution in [0.25, 0.3) is 38.5 Å². The summed E-state index contributed by atoms with van der Waals surface area (Å²) >= 11 is 0. The Hall–Kier alpha value is -3.31. The van der Waals surface area contributed by atoms with Crippen LogP contribution in [0.15, 0.2) is 73.3 Å². The van der Waals surface area contributed by atoms with E-state index in [0.717, 1.165) is 23.2 Å². The Morgan fingerprint density at radius 3 is 2.48 bits per heavy atom. The maximum absolute atomic E-state index is 9.09. The number of aromatic nitrogens is 1. The van der Waals surface area contributed by atoms with Gasteiger partial charge in [-0.15, -0.1) is 0 Å². The van der Waals surface area contributed by atoms with E-state index in [-0.39, 0.29) is 0 Å². The van der Waals surface area contributed by atoms with E-state index in [1.165, 1.54) is 21.8 Å². The van der Waals surface area contributed by atoms with Crippen molar-refractivity contribution in [2.24, 2.45) is 0 Å². The predicted octanol–water partition coefficient (Wildman–Crippen LogP) is 6.02. The molecular weight excluding hydrogens is 304 g/mol. The van der Waals surface area contributed by atoms with E-state index in [9.17, 15) is 0 Å². The van der Waals surface area contributed by atoms with E-state index in [1.54, 1.807) is 0 Å². The molecular formula is C23H18N2. The minimum Gasteiger partial charge on any atom is -0.341 e. The van der Waals surface area contributed by atoms with Crippen LogP contribution in [0.3, 0.4) is 0 Å². The van der Waals surface area contributed by atoms with E-state index in [1.807, 2.05) is 18.2 Å². The van der Waals surface area contributed by atoms with Crippen LogP contribution in [-0.2, 0) is 6.54 Å². The maximum atomic E-state index is 9.09. The van der Waals surface area contributed by atoms with Crippen molar-refractivity contribution in [1.29, 1.82) is 5.26 Å². The summed E-state index contributed by atoms with van der Waals surface area (Å²) < 4.78 is 2.35. The predicted molar refractivity (Wildman–Crippen MR) is 105 cm³/mol. The van der Waals surface area contributed by atoms with Crippen molar-refractivity contribution in [1.82, 2.24) is 4.57 Å². The molecule has 2 nitrogen and oxygen atoms in total. The number of rotatable bonds is 3. The van der Waals surface area contributed by atoms with Gasteiger partial charge >= 0.3 is 0 Å². The summed E-state index contributed by atoms with van der Waals surface area (Å²) in [6.45, 7) is 6.94. The topological polar surface area (TPSA) is 28.7 Å². The monoisotopic (exact) mass is 322 g/mol. The molecule has 3 aromatic carbocycles. The molecule has 4 rings (SSSR count). The highest BCUT2D eigenvalue weighted by atomic mass is 15.0. The van der Waals surface area contributed by atoms with Crippen LogP contribution >= 0.6 is 0 Å². The number of nitrogens with zero attached hydrogens (tertiary/aromatic N) is 2. The first-order valence-corrected chi connectivity index (χ1v) is 8.43. The van der Waals surface area contributed by atoms with Crippen LogP contribution in [0.2, 0.25) is 0 Å². The average Bonchev–Trinajstić information content (AvgIpc) is 3.00. The third kappa shape index (κ3) is 2.42. The lowest BCUT2D eigenvalue weighted by Gasteiger charge is -2.06. The summed E-state index contributed by atoms with van der Waals surface area (Å²) in [5, 5.41) is 11.6. The fraction of sp³-hybridized carbons (Fsp3) is 0.0870. The summed E-state index contributed by atoms with van der Waals surface area (Å²) in [5.41, 5.74) is 6.14. The zero-order valence-electron chi connectivity index (χ0n) is 14.2. The Morgan fingerprint density at radius 2 is 1.68 bits per heavy atom. The van der Waals surface area contributed by atoms with Gasteiger partial charge in [-0.3, -0.25) is 0 Å². The second-order valence-corrected chi connectivity index (χ2v) is 6.16. The maximum Gasteiger partial charge on any atom is 0.0991 e. The van der Waals surface area contributed by atoms with E-state index in [0.29, 0.717) is 5.57 Å². The second-order valence-electron chi connectivity index (χ2n) is 6.16. The number of hydrogen-bond acceptors (Lipinski definition) is 1. The fourth-order valence-corrected chi connectivity index (χ4v) is 3.52. The van der Waals surface area contributed by atoms with Crippen LogP contribution in [0.1, 0.15) is 12.5 Å². The number of aryl methyl sites for hydroxylation is 1. The molecule has 0 N–H and O–H groups in total. The van der Waals surface area contributed by atoms with Gasteiger partial charge in [0.25, 0.3) is 0 Å². The van der Waals surface area contributed by atoms with Gasteiger partial charge in [-0.25, -0.2) is 0 Å². The number of hydrogen-bond donors (Lipinski definition) is 0. The Morgan fingerprint density at radius 1 is 0.920 bits per heavy atom. The Bertz CT molecular complexity index is 1160. The van der Waals surface area contributed by atoms with Crippen LogP contribution in [-0.4, -0.2) is 4.57 Å². The molecule has 0 bridgehead atoms. The summed E-state index contributed by atoms with van der Waals surface area (Å²) in [4.78, 5) is 0. The third-order valence-corrected chi connectivity index (χ3v) is 4.77. The lowest BCUT2D eigenvalue weighted by Crippen LogP contribution is -1.92. The molecule has 0 fully saturated rings. The number of nitriles is 1. The van der Waals surface area contributed by atoms with Gasteiger partial charge in [-0.05, 0) is 47.9 Å². The smallest absolute Gasteiger partial charge is 0.0991 e. The number of fused-ring (bicyclic) bond motifs is 3. The number of para-hydroxylation sites is 1. The molecule has 0 aliphatic heterocycles. The van der Waals surface area contributed by atoms with Gasteiger partial charge in [-0.2, -0.15) is 5.26 Å². The largest absolute Gasteiger partial charge is 0.341 e. The molecule has 0 spiro atoms. The highest BCUT2D eigenvalue weighted by Crippen LogP contribution is 2.33. The molecule has 2 heteroatoms. The molecule has 25 heavy (non-hydrogen) atoms. The lowest BCUT2D eigenvalue weighted by atomic mass is 9.99. The van der Waals surface area contributed by atoms with Crippen molar-refractivity contribution in [3.63, 3.8) is 0 Å². The Kier molecular flexibility index (Phi) is 3.63. The molecule has 0 radical (unpaired) electrons. The van der Waals surface area contributed by atoms with Crippen molar-refractivity contribution < 1.29 is 0 Å². The molecule has 4 aromatic rings. The molecule has 0 aliphatic carbocycles. The number of benzene rings is 3. The zero-order valence-corrected chi connectivity index (χ0v) is 14.2. The van der Waals surface area contributed by atoms with E-state index >= 15 is 0 Å². The van der Waals surface area contributed by atoms with Gasteiger partial charge in [0.2, 0.25) is 0 Å². The van der Waals surface area contributed by atoms with E-state index in [4.69, 9.17) is 5.26 Å². The van der Waals surface area contributed by atoms with E-state index in [2.05, 4.69) is 72.7 Å². The lowest BCUT2D eigenvalue weighted by molar-refractivity contribution is 0.827. The number of allylic oxidation sites excluding steroid dienone is 1. The van der Waals surface area contributed by atoms with Gasteiger partial charge in [0.05, 0.1) is 11.6 Å². The molecule has 120 valence electrons. The van der Waals surface area contributed by atoms with Gasteiger partial charge < -0.3 is 4.57 Å². The zero-order chi connectivity index (χ0) is 17.4. The molecule has 0 atom stereocenters. The van der Waals surface area contributed by atoms with Crippen molar-refractivity contribution in [2.45, 2.75) is 13.5 Å². The highest BCUT2D eigenvalue weighted by Gasteiger charge is 2.10. The molecule has 0 unspecified atom stereocenters. The molecule has 0 saturated heterocycles. The minimum absolute atomic E-state index is 0.491. The van der Waals surface area contributed by atoms with Crippen molar-refractivity contribution >= 4 is 27.4 Å². The molecule has 1 heterocycles. The Labute approximate surface area is 147 Å². The molecule has 0 aliphatic rings. The van der Waals surface area contributed by atoms with Crippen LogP contribution in [0.4, 0.5) is 0 Å². The molecule has 0 amide bonds. The minimum atomic E-state index is 0.491. The quantitative estimate of drug-likeness (QED) is 0.424. The SMILES string of the molecule is C=C(C#N)c1cccc(-c2ccc3c(c2)c2ccccc2n3CC)c1. The summed E-state index contributed by atoms with van der Waals surface area (Å²) in [6.07, 6.45) is 0. The standard InChI is InChI=1S/C23H18N2/c1-3-25-22-10-5-4-9-20(22)21-14-19(11-12-23(21)25)18-8-6-7-17(13-18)16(2)15-24/h4-14H,2-3H2,1H3. The van der Waals surface area contributed by atoms with Crippen molar-refractivity contribution in [2.75, 3.05) is 0 Å². The highest BCUT2D eigenvalue weighted by molar-refractivity contribution is 6.09. The second kappa shape index (κ2) is 5.96. The van der Waals surface area contributed by atoms with E-state index < -0.39 is 0 Å². The first-order chi connectivity index (χ1) is 12.2. The summed E-state index contributed by atoms with van der Waals surface area (Å²) in [6, 6.07) is 25.3. The summed E-state index contributed by atoms with van der Waals surface area (Å²) in [5.74, 6) is 0. The van der Waals surface area contributed by atoms with Gasteiger partial charge in [0, 0.05) is 28.4 Å². The van der Waals surface area contributed by atoms with Gasteiger partial charge in [0.1, 0.15) is 0 Å². The van der Waals surface area contributed by atoms with Crippen LogP contribution < -0.4 is 0 Å². The van der Waals surface area contributed by atoms with Gasteiger partial charge in [0.15, 0.2) is 0 Å². The van der Waals surface area contributed by atoms with Crippen LogP contribution in [0.5, 0.6) is 0 Å². The summed E-state index contributed by atoms with van der Waals surface area (Å²) in [7, 11) is 0. The molecule has 1 aromatic heterocycles. The first-order valence-electron chi connectivity index (χ1n) is 8.43. The van der Waals surface area contributed by atoms with Gasteiger partial charge in [-0.1, -0.05) is 49.0 Å². The molecule has 0 saturated carbocycles. The fourth-order valence-electron chi connectivity index (χ4n) is 3.52. The van der Waals surface area contributed by atoms with Crippen molar-refractivity contribution in [3.05, 3.63) is 78.9 Å².